The SMILES string of the molecule is CC.N#CN1CCCC1.NC(=O)c1cc(-c2ccccc2Oc2ccccc2)n[nH]1. The van der Waals surface area contributed by atoms with Gasteiger partial charge >= 0.3 is 0 Å². The summed E-state index contributed by atoms with van der Waals surface area (Å²) >= 11 is 0. The van der Waals surface area contributed by atoms with Crippen molar-refractivity contribution in [2.75, 3.05) is 13.1 Å². The topological polar surface area (TPSA) is 108 Å². The number of amides is 1. The smallest absolute Gasteiger partial charge is 0.266 e. The zero-order valence-electron chi connectivity index (χ0n) is 17.3. The average molecular weight is 406 g/mol. The minimum atomic E-state index is -0.546. The van der Waals surface area contributed by atoms with Gasteiger partial charge in [-0.15, -0.1) is 0 Å². The lowest BCUT2D eigenvalue weighted by atomic mass is 10.1. The molecule has 1 amide bonds. The van der Waals surface area contributed by atoms with Crippen LogP contribution in [0.25, 0.3) is 11.3 Å². The van der Waals surface area contributed by atoms with Gasteiger partial charge in [0.1, 0.15) is 17.2 Å². The second kappa shape index (κ2) is 11.9. The number of likely N-dealkylation sites (tertiary alicyclic amines) is 1. The van der Waals surface area contributed by atoms with E-state index in [0.29, 0.717) is 11.4 Å². The molecule has 0 unspecified atom stereocenters. The summed E-state index contributed by atoms with van der Waals surface area (Å²) in [6.07, 6.45) is 4.50. The van der Waals surface area contributed by atoms with Gasteiger partial charge in [0.05, 0.1) is 5.69 Å². The zero-order chi connectivity index (χ0) is 21.8. The van der Waals surface area contributed by atoms with Gasteiger partial charge in [-0.3, -0.25) is 9.89 Å². The molecule has 1 fully saturated rings. The lowest BCUT2D eigenvalue weighted by Crippen LogP contribution is -2.10. The van der Waals surface area contributed by atoms with E-state index in [1.54, 1.807) is 11.0 Å². The van der Waals surface area contributed by atoms with Crippen LogP contribution in [0.5, 0.6) is 11.5 Å². The molecule has 0 saturated carbocycles. The normalized spacial score (nSPS) is 12.0. The highest BCUT2D eigenvalue weighted by Gasteiger charge is 2.12. The molecule has 2 aromatic carbocycles. The van der Waals surface area contributed by atoms with E-state index in [2.05, 4.69) is 16.4 Å². The highest BCUT2D eigenvalue weighted by molar-refractivity contribution is 5.92. The van der Waals surface area contributed by atoms with Crippen molar-refractivity contribution < 1.29 is 9.53 Å². The Morgan fingerprint density at radius 2 is 1.73 bits per heavy atom. The van der Waals surface area contributed by atoms with Gasteiger partial charge in [-0.2, -0.15) is 10.4 Å². The van der Waals surface area contributed by atoms with E-state index in [4.69, 9.17) is 15.7 Å². The number of rotatable bonds is 4. The van der Waals surface area contributed by atoms with E-state index in [1.165, 1.54) is 12.8 Å². The van der Waals surface area contributed by atoms with Crippen LogP contribution in [0.2, 0.25) is 0 Å². The Labute approximate surface area is 177 Å². The third-order valence-electron chi connectivity index (χ3n) is 4.22. The number of carbonyl (C=O) groups excluding carboxylic acids is 1. The van der Waals surface area contributed by atoms with Gasteiger partial charge in [-0.25, -0.2) is 0 Å². The number of para-hydroxylation sites is 2. The molecule has 0 atom stereocenters. The Morgan fingerprint density at radius 3 is 2.30 bits per heavy atom. The lowest BCUT2D eigenvalue weighted by Gasteiger charge is -2.09. The second-order valence-electron chi connectivity index (χ2n) is 6.24. The number of hydrogen-bond donors (Lipinski definition) is 2. The van der Waals surface area contributed by atoms with Crippen LogP contribution in [0.4, 0.5) is 0 Å². The molecule has 0 aliphatic carbocycles. The summed E-state index contributed by atoms with van der Waals surface area (Å²) in [6, 6.07) is 18.6. The van der Waals surface area contributed by atoms with E-state index in [0.717, 1.165) is 24.4 Å². The molecule has 0 radical (unpaired) electrons. The minimum absolute atomic E-state index is 0.263. The molecule has 1 saturated heterocycles. The highest BCUT2D eigenvalue weighted by atomic mass is 16.5. The first-order chi connectivity index (χ1) is 14.7. The number of nitrogens with zero attached hydrogens (tertiary/aromatic N) is 3. The predicted octanol–water partition coefficient (Wildman–Crippen LogP) is 4.56. The number of hydrogen-bond acceptors (Lipinski definition) is 5. The predicted molar refractivity (Wildman–Crippen MR) is 117 cm³/mol. The third-order valence-corrected chi connectivity index (χ3v) is 4.22. The number of ether oxygens (including phenoxy) is 1. The van der Waals surface area contributed by atoms with Crippen molar-refractivity contribution in [3.63, 3.8) is 0 Å². The van der Waals surface area contributed by atoms with E-state index >= 15 is 0 Å². The maximum atomic E-state index is 11.1. The van der Waals surface area contributed by atoms with Crippen molar-refractivity contribution in [2.45, 2.75) is 26.7 Å². The van der Waals surface area contributed by atoms with Gasteiger partial charge in [0.25, 0.3) is 5.91 Å². The molecule has 1 aliphatic heterocycles. The summed E-state index contributed by atoms with van der Waals surface area (Å²) in [5.41, 5.74) is 6.88. The van der Waals surface area contributed by atoms with Crippen molar-refractivity contribution >= 4 is 5.91 Å². The molecule has 3 N–H and O–H groups in total. The molecular formula is C23H27N5O2. The fraction of sp³-hybridized carbons (Fsp3) is 0.261. The van der Waals surface area contributed by atoms with Crippen LogP contribution >= 0.6 is 0 Å². The molecule has 1 aliphatic rings. The molecule has 30 heavy (non-hydrogen) atoms. The van der Waals surface area contributed by atoms with Crippen molar-refractivity contribution in [1.29, 1.82) is 5.26 Å². The van der Waals surface area contributed by atoms with Crippen molar-refractivity contribution in [3.8, 4) is 28.9 Å². The molecule has 0 spiro atoms. The zero-order valence-corrected chi connectivity index (χ0v) is 17.3. The first-order valence-electron chi connectivity index (χ1n) is 9.99. The van der Waals surface area contributed by atoms with E-state index in [-0.39, 0.29) is 5.69 Å². The van der Waals surface area contributed by atoms with Gasteiger partial charge in [-0.1, -0.05) is 44.2 Å². The van der Waals surface area contributed by atoms with Crippen LogP contribution in [0.1, 0.15) is 37.2 Å². The Kier molecular flexibility index (Phi) is 8.94. The number of nitrogens with two attached hydrogens (primary N) is 1. The highest BCUT2D eigenvalue weighted by Crippen LogP contribution is 2.32. The van der Waals surface area contributed by atoms with Gasteiger partial charge in [0, 0.05) is 18.7 Å². The first-order valence-corrected chi connectivity index (χ1v) is 9.99. The van der Waals surface area contributed by atoms with Crippen molar-refractivity contribution in [3.05, 3.63) is 66.4 Å². The second-order valence-corrected chi connectivity index (χ2v) is 6.24. The van der Waals surface area contributed by atoms with Gasteiger partial charge in [0.2, 0.25) is 0 Å². The van der Waals surface area contributed by atoms with Crippen LogP contribution in [-0.2, 0) is 0 Å². The van der Waals surface area contributed by atoms with Crippen molar-refractivity contribution in [2.24, 2.45) is 5.73 Å². The molecular weight excluding hydrogens is 378 g/mol. The number of carbonyl (C=O) groups is 1. The van der Waals surface area contributed by atoms with E-state index in [9.17, 15) is 4.79 Å². The van der Waals surface area contributed by atoms with Gasteiger partial charge in [0.15, 0.2) is 6.19 Å². The average Bonchev–Trinajstić information content (AvgIpc) is 3.49. The van der Waals surface area contributed by atoms with E-state index < -0.39 is 5.91 Å². The lowest BCUT2D eigenvalue weighted by molar-refractivity contribution is 0.0995. The molecule has 3 aromatic rings. The number of aromatic nitrogens is 2. The Morgan fingerprint density at radius 1 is 1.10 bits per heavy atom. The number of aromatic amines is 1. The van der Waals surface area contributed by atoms with Crippen LogP contribution in [0, 0.1) is 11.5 Å². The summed E-state index contributed by atoms with van der Waals surface area (Å²) in [5, 5.41) is 15.0. The molecule has 0 bridgehead atoms. The summed E-state index contributed by atoms with van der Waals surface area (Å²) in [5.74, 6) is 0.844. The standard InChI is InChI=1S/C16H13N3O2.C5H8N2.C2H6/c17-16(20)14-10-13(18-19-14)12-8-4-5-9-15(12)21-11-6-2-1-3-7-11;6-5-7-3-1-2-4-7;1-2/h1-10H,(H2,17,20)(H,18,19);1-4H2;1-2H3. The first kappa shape index (κ1) is 22.5. The molecule has 7 nitrogen and oxygen atoms in total. The Bertz CT molecular complexity index is 957. The fourth-order valence-electron chi connectivity index (χ4n) is 2.79. The number of benzene rings is 2. The quantitative estimate of drug-likeness (QED) is 0.619. The van der Waals surface area contributed by atoms with E-state index in [1.807, 2.05) is 68.4 Å². The van der Waals surface area contributed by atoms with Crippen LogP contribution in [0.3, 0.4) is 0 Å². The fourth-order valence-corrected chi connectivity index (χ4v) is 2.79. The molecule has 4 rings (SSSR count). The number of nitriles is 1. The molecule has 7 heteroatoms. The maximum Gasteiger partial charge on any atom is 0.266 e. The third kappa shape index (κ3) is 6.38. The largest absolute Gasteiger partial charge is 0.457 e. The monoisotopic (exact) mass is 405 g/mol. The Balaban J connectivity index is 0.000000299. The molecule has 2 heterocycles. The number of primary amides is 1. The Hall–Kier alpha value is -3.79. The van der Waals surface area contributed by atoms with Crippen molar-refractivity contribution in [1.82, 2.24) is 15.1 Å². The summed E-state index contributed by atoms with van der Waals surface area (Å²) in [6.45, 7) is 5.97. The number of nitrogens with one attached hydrogen (secondary N) is 1. The van der Waals surface area contributed by atoms with Gasteiger partial charge in [-0.05, 0) is 43.2 Å². The summed E-state index contributed by atoms with van der Waals surface area (Å²) in [4.78, 5) is 12.9. The molecule has 1 aromatic heterocycles. The van der Waals surface area contributed by atoms with Crippen LogP contribution in [0.15, 0.2) is 60.7 Å². The maximum absolute atomic E-state index is 11.1. The van der Waals surface area contributed by atoms with Crippen LogP contribution < -0.4 is 10.5 Å². The minimum Gasteiger partial charge on any atom is -0.457 e. The number of H-pyrrole nitrogens is 1. The van der Waals surface area contributed by atoms with Gasteiger partial charge < -0.3 is 15.4 Å². The molecule has 156 valence electrons. The summed E-state index contributed by atoms with van der Waals surface area (Å²) in [7, 11) is 0. The summed E-state index contributed by atoms with van der Waals surface area (Å²) < 4.78 is 5.86. The van der Waals surface area contributed by atoms with Crippen LogP contribution in [-0.4, -0.2) is 34.1 Å².